The molecule has 0 saturated carbocycles. The quantitative estimate of drug-likeness (QED) is 0.708. The third-order valence-corrected chi connectivity index (χ3v) is 4.28. The van der Waals surface area contributed by atoms with Crippen molar-refractivity contribution in [2.45, 2.75) is 6.54 Å². The van der Waals surface area contributed by atoms with Gasteiger partial charge in [0, 0.05) is 10.2 Å². The van der Waals surface area contributed by atoms with Gasteiger partial charge in [0.05, 0.1) is 27.8 Å². The van der Waals surface area contributed by atoms with Gasteiger partial charge in [-0.3, -0.25) is 14.2 Å². The van der Waals surface area contributed by atoms with E-state index < -0.39 is 5.91 Å². The number of nitrogens with one attached hydrogen (secondary N) is 1. The van der Waals surface area contributed by atoms with Gasteiger partial charge >= 0.3 is 0 Å². The molecule has 0 fully saturated rings. The van der Waals surface area contributed by atoms with Crippen molar-refractivity contribution in [3.63, 3.8) is 0 Å². The van der Waals surface area contributed by atoms with Gasteiger partial charge in [-0.1, -0.05) is 27.5 Å². The van der Waals surface area contributed by atoms with E-state index in [-0.39, 0.29) is 17.1 Å². The Hall–Kier alpha value is -2.69. The summed E-state index contributed by atoms with van der Waals surface area (Å²) in [5.74, 6) is -0.404. The number of aromatic nitrogens is 2. The van der Waals surface area contributed by atoms with Gasteiger partial charge < -0.3 is 5.32 Å². The minimum Gasteiger partial charge on any atom is -0.324 e. The summed E-state index contributed by atoms with van der Waals surface area (Å²) in [4.78, 5) is 28.8. The number of amides is 1. The summed E-state index contributed by atoms with van der Waals surface area (Å²) in [5.41, 5.74) is 1.02. The van der Waals surface area contributed by atoms with E-state index in [9.17, 15) is 9.59 Å². The Bertz CT molecular complexity index is 1090. The summed E-state index contributed by atoms with van der Waals surface area (Å²) in [7, 11) is 0. The van der Waals surface area contributed by atoms with Crippen molar-refractivity contribution >= 4 is 50.0 Å². The smallest absolute Gasteiger partial charge is 0.261 e. The Kier molecular flexibility index (Phi) is 4.83. The van der Waals surface area contributed by atoms with E-state index in [0.29, 0.717) is 22.2 Å². The molecule has 0 saturated heterocycles. The molecule has 1 N–H and O–H groups in total. The van der Waals surface area contributed by atoms with Gasteiger partial charge in [-0.25, -0.2) is 4.98 Å². The number of carbonyl (C=O) groups is 1. The zero-order valence-electron chi connectivity index (χ0n) is 12.7. The van der Waals surface area contributed by atoms with Crippen molar-refractivity contribution < 1.29 is 4.79 Å². The van der Waals surface area contributed by atoms with Gasteiger partial charge in [0.15, 0.2) is 0 Å². The first-order valence-corrected chi connectivity index (χ1v) is 8.29. The highest BCUT2D eigenvalue weighted by molar-refractivity contribution is 9.10. The van der Waals surface area contributed by atoms with Gasteiger partial charge in [-0.2, -0.15) is 5.26 Å². The number of nitriles is 1. The minimum absolute atomic E-state index is 0.189. The van der Waals surface area contributed by atoms with Crippen LogP contribution in [0.1, 0.15) is 5.56 Å². The second kappa shape index (κ2) is 7.05. The number of halogens is 2. The van der Waals surface area contributed by atoms with E-state index in [1.54, 1.807) is 24.3 Å². The van der Waals surface area contributed by atoms with E-state index in [1.807, 2.05) is 6.07 Å². The molecule has 0 radical (unpaired) electrons. The van der Waals surface area contributed by atoms with Crippen LogP contribution in [0.25, 0.3) is 10.9 Å². The zero-order valence-corrected chi connectivity index (χ0v) is 15.0. The van der Waals surface area contributed by atoms with E-state index in [4.69, 9.17) is 16.9 Å². The predicted octanol–water partition coefficient (Wildman–Crippen LogP) is 3.32. The minimum atomic E-state index is -0.404. The number of anilines is 1. The molecule has 3 aromatic rings. The number of benzene rings is 2. The molecule has 124 valence electrons. The lowest BCUT2D eigenvalue weighted by Crippen LogP contribution is -2.27. The zero-order chi connectivity index (χ0) is 18.0. The number of nitrogens with zero attached hydrogens (tertiary/aromatic N) is 3. The van der Waals surface area contributed by atoms with Crippen LogP contribution < -0.4 is 10.9 Å². The fraction of sp³-hybridized carbons (Fsp3) is 0.0588. The van der Waals surface area contributed by atoms with Crippen LogP contribution in [-0.4, -0.2) is 15.5 Å². The van der Waals surface area contributed by atoms with E-state index in [2.05, 4.69) is 26.2 Å². The fourth-order valence-electron chi connectivity index (χ4n) is 2.28. The highest BCUT2D eigenvalue weighted by Crippen LogP contribution is 2.20. The average Bonchev–Trinajstić information content (AvgIpc) is 2.58. The van der Waals surface area contributed by atoms with Crippen LogP contribution in [-0.2, 0) is 11.3 Å². The van der Waals surface area contributed by atoms with Crippen molar-refractivity contribution in [1.29, 1.82) is 5.26 Å². The molecule has 1 aromatic heterocycles. The third kappa shape index (κ3) is 3.71. The maximum atomic E-state index is 12.5. The monoisotopic (exact) mass is 416 g/mol. The normalized spacial score (nSPS) is 10.4. The standard InChI is InChI=1S/C17H10BrClN4O2/c18-11-2-4-15-13(5-11)17(25)23(9-21-15)8-16(24)22-12-3-1-10(7-20)14(19)6-12/h1-6,9H,8H2,(H,22,24). The Balaban J connectivity index is 1.83. The molecule has 0 bridgehead atoms. The molecule has 2 aromatic carbocycles. The molecule has 6 nitrogen and oxygen atoms in total. The van der Waals surface area contributed by atoms with Crippen LogP contribution in [0.4, 0.5) is 5.69 Å². The molecule has 1 heterocycles. The van der Waals surface area contributed by atoms with Crippen LogP contribution in [0.15, 0.2) is 52.0 Å². The predicted molar refractivity (Wildman–Crippen MR) is 98.5 cm³/mol. The molecule has 0 spiro atoms. The molecule has 0 atom stereocenters. The van der Waals surface area contributed by atoms with Gasteiger partial charge in [0.25, 0.3) is 5.56 Å². The Morgan fingerprint density at radius 3 is 2.84 bits per heavy atom. The molecular formula is C17H10BrClN4O2. The summed E-state index contributed by atoms with van der Waals surface area (Å²) < 4.78 is 1.99. The number of hydrogen-bond donors (Lipinski definition) is 1. The van der Waals surface area contributed by atoms with Crippen LogP contribution in [0.3, 0.4) is 0 Å². The molecule has 0 aliphatic carbocycles. The third-order valence-electron chi connectivity index (χ3n) is 3.47. The number of carbonyl (C=O) groups excluding carboxylic acids is 1. The molecule has 25 heavy (non-hydrogen) atoms. The lowest BCUT2D eigenvalue weighted by Gasteiger charge is -2.09. The molecule has 3 rings (SSSR count). The van der Waals surface area contributed by atoms with Crippen molar-refractivity contribution in [3.8, 4) is 6.07 Å². The summed E-state index contributed by atoms with van der Waals surface area (Å²) in [5, 5.41) is 12.2. The number of hydrogen-bond acceptors (Lipinski definition) is 4. The number of rotatable bonds is 3. The van der Waals surface area contributed by atoms with Gasteiger partial charge in [0.2, 0.25) is 5.91 Å². The van der Waals surface area contributed by atoms with Crippen LogP contribution in [0, 0.1) is 11.3 Å². The van der Waals surface area contributed by atoms with Crippen molar-refractivity contribution in [2.75, 3.05) is 5.32 Å². The molecule has 8 heteroatoms. The fourth-order valence-corrected chi connectivity index (χ4v) is 2.87. The van der Waals surface area contributed by atoms with Crippen molar-refractivity contribution in [1.82, 2.24) is 9.55 Å². The highest BCUT2D eigenvalue weighted by Gasteiger charge is 2.10. The maximum Gasteiger partial charge on any atom is 0.261 e. The lowest BCUT2D eigenvalue weighted by atomic mass is 10.2. The van der Waals surface area contributed by atoms with Gasteiger partial charge in [0.1, 0.15) is 12.6 Å². The first-order valence-electron chi connectivity index (χ1n) is 7.12. The molecule has 0 aliphatic heterocycles. The Morgan fingerprint density at radius 1 is 1.32 bits per heavy atom. The highest BCUT2D eigenvalue weighted by atomic mass is 79.9. The van der Waals surface area contributed by atoms with Crippen LogP contribution in [0.5, 0.6) is 0 Å². The average molecular weight is 418 g/mol. The lowest BCUT2D eigenvalue weighted by molar-refractivity contribution is -0.116. The van der Waals surface area contributed by atoms with Crippen molar-refractivity contribution in [3.05, 3.63) is 68.1 Å². The summed E-state index contributed by atoms with van der Waals surface area (Å²) in [6, 6.07) is 11.7. The first kappa shape index (κ1) is 17.1. The number of fused-ring (bicyclic) bond motifs is 1. The molecular weight excluding hydrogens is 408 g/mol. The second-order valence-electron chi connectivity index (χ2n) is 5.19. The van der Waals surface area contributed by atoms with E-state index >= 15 is 0 Å². The van der Waals surface area contributed by atoms with E-state index in [1.165, 1.54) is 23.0 Å². The van der Waals surface area contributed by atoms with Gasteiger partial charge in [-0.15, -0.1) is 0 Å². The summed E-state index contributed by atoms with van der Waals surface area (Å²) in [6.07, 6.45) is 1.34. The van der Waals surface area contributed by atoms with Crippen LogP contribution in [0.2, 0.25) is 5.02 Å². The van der Waals surface area contributed by atoms with Gasteiger partial charge in [-0.05, 0) is 36.4 Å². The van der Waals surface area contributed by atoms with Crippen LogP contribution >= 0.6 is 27.5 Å². The second-order valence-corrected chi connectivity index (χ2v) is 6.52. The topological polar surface area (TPSA) is 87.8 Å². The summed E-state index contributed by atoms with van der Waals surface area (Å²) >= 11 is 9.25. The van der Waals surface area contributed by atoms with E-state index in [0.717, 1.165) is 4.47 Å². The SMILES string of the molecule is N#Cc1ccc(NC(=O)Cn2cnc3ccc(Br)cc3c2=O)cc1Cl. The molecule has 0 aliphatic rings. The molecule has 1 amide bonds. The Labute approximate surface area is 155 Å². The maximum absolute atomic E-state index is 12.5. The largest absolute Gasteiger partial charge is 0.324 e. The first-order chi connectivity index (χ1) is 12.0. The van der Waals surface area contributed by atoms with Crippen molar-refractivity contribution in [2.24, 2.45) is 0 Å². The molecule has 0 unspecified atom stereocenters. The summed E-state index contributed by atoms with van der Waals surface area (Å²) in [6.45, 7) is -0.189. The Morgan fingerprint density at radius 2 is 2.12 bits per heavy atom.